The van der Waals surface area contributed by atoms with Gasteiger partial charge in [0.15, 0.2) is 4.80 Å². The monoisotopic (exact) mass is 530 g/mol. The summed E-state index contributed by atoms with van der Waals surface area (Å²) in [6.07, 6.45) is 2.61. The number of halogens is 2. The van der Waals surface area contributed by atoms with E-state index in [0.29, 0.717) is 42.8 Å². The lowest BCUT2D eigenvalue weighted by Gasteiger charge is -2.24. The van der Waals surface area contributed by atoms with Crippen LogP contribution in [0.1, 0.15) is 44.4 Å². The molecule has 1 aliphatic heterocycles. The molecule has 0 aliphatic carbocycles. The van der Waals surface area contributed by atoms with Gasteiger partial charge < -0.3 is 9.47 Å². The van der Waals surface area contributed by atoms with E-state index in [1.54, 1.807) is 42.7 Å². The first-order valence-electron chi connectivity index (χ1n) is 11.2. The summed E-state index contributed by atoms with van der Waals surface area (Å²) < 4.78 is 13.0. The van der Waals surface area contributed by atoms with Crippen molar-refractivity contribution in [2.75, 3.05) is 13.2 Å². The van der Waals surface area contributed by atoms with Crippen molar-refractivity contribution in [2.24, 2.45) is 4.99 Å². The van der Waals surface area contributed by atoms with Crippen molar-refractivity contribution < 1.29 is 14.3 Å². The first kappa shape index (κ1) is 25.2. The number of nitrogens with zero attached hydrogens (tertiary/aromatic N) is 2. The summed E-state index contributed by atoms with van der Waals surface area (Å²) in [5, 5.41) is 0.945. The summed E-state index contributed by atoms with van der Waals surface area (Å²) in [7, 11) is 0. The number of benzene rings is 2. The number of ether oxygens (including phenoxy) is 2. The van der Waals surface area contributed by atoms with E-state index >= 15 is 0 Å². The molecule has 0 saturated carbocycles. The highest BCUT2D eigenvalue weighted by Crippen LogP contribution is 2.31. The second kappa shape index (κ2) is 10.8. The van der Waals surface area contributed by atoms with E-state index in [0.717, 1.165) is 17.7 Å². The fourth-order valence-corrected chi connectivity index (χ4v) is 5.33. The number of aromatic nitrogens is 1. The molecule has 6 nitrogen and oxygen atoms in total. The van der Waals surface area contributed by atoms with Gasteiger partial charge in [0, 0.05) is 10.0 Å². The Morgan fingerprint density at radius 3 is 2.57 bits per heavy atom. The fraction of sp³-hybridized carbons (Fsp3) is 0.269. The van der Waals surface area contributed by atoms with Gasteiger partial charge in [-0.05, 0) is 61.7 Å². The van der Waals surface area contributed by atoms with E-state index in [9.17, 15) is 9.59 Å². The molecule has 1 atom stereocenters. The lowest BCUT2D eigenvalue weighted by molar-refractivity contribution is -0.139. The highest BCUT2D eigenvalue weighted by Gasteiger charge is 2.33. The SMILES string of the molecule is CCCOc1ccc(C2C(C(=O)OCC)=C(C)N=c3s/c(=C\c4ccc(Cl)cc4Cl)c(=O)n32)cc1. The second-order valence-corrected chi connectivity index (χ2v) is 9.74. The Labute approximate surface area is 216 Å². The standard InChI is InChI=1S/C26H24Cl2N2O4S/c1-4-12-34-19-10-7-16(8-11-19)23-22(25(32)33-5-2)15(3)29-26-30(23)24(31)21(35-26)13-17-6-9-18(27)14-20(17)28/h6-11,13-14,23H,4-5,12H2,1-3H3/b21-13-. The van der Waals surface area contributed by atoms with E-state index in [2.05, 4.69) is 4.99 Å². The molecular weight excluding hydrogens is 507 g/mol. The zero-order valence-electron chi connectivity index (χ0n) is 19.5. The van der Waals surface area contributed by atoms with Crippen LogP contribution in [-0.2, 0) is 9.53 Å². The van der Waals surface area contributed by atoms with Crippen LogP contribution >= 0.6 is 34.5 Å². The van der Waals surface area contributed by atoms with E-state index in [4.69, 9.17) is 32.7 Å². The maximum absolute atomic E-state index is 13.6. The van der Waals surface area contributed by atoms with Gasteiger partial charge in [-0.15, -0.1) is 0 Å². The number of fused-ring (bicyclic) bond motifs is 1. The Morgan fingerprint density at radius 2 is 1.91 bits per heavy atom. The van der Waals surface area contributed by atoms with Crippen LogP contribution < -0.4 is 19.6 Å². The number of allylic oxidation sites excluding steroid dienone is 1. The van der Waals surface area contributed by atoms with Gasteiger partial charge in [0.05, 0.1) is 35.1 Å². The highest BCUT2D eigenvalue weighted by atomic mass is 35.5. The van der Waals surface area contributed by atoms with Gasteiger partial charge in [-0.25, -0.2) is 9.79 Å². The third-order valence-electron chi connectivity index (χ3n) is 5.43. The molecule has 182 valence electrons. The third kappa shape index (κ3) is 5.22. The molecule has 2 aromatic carbocycles. The van der Waals surface area contributed by atoms with Crippen LogP contribution in [0.25, 0.3) is 6.08 Å². The number of esters is 1. The summed E-state index contributed by atoms with van der Waals surface area (Å²) >= 11 is 13.6. The summed E-state index contributed by atoms with van der Waals surface area (Å²) in [4.78, 5) is 31.7. The molecule has 0 fully saturated rings. The number of carbonyl (C=O) groups excluding carboxylic acids is 1. The normalized spacial score (nSPS) is 15.6. The van der Waals surface area contributed by atoms with E-state index < -0.39 is 12.0 Å². The average Bonchev–Trinajstić information content (AvgIpc) is 3.13. The number of hydrogen-bond donors (Lipinski definition) is 0. The van der Waals surface area contributed by atoms with Crippen LogP contribution in [0.2, 0.25) is 10.0 Å². The van der Waals surface area contributed by atoms with Crippen LogP contribution in [0.4, 0.5) is 0 Å². The Kier molecular flexibility index (Phi) is 7.79. The van der Waals surface area contributed by atoms with E-state index in [1.807, 2.05) is 31.2 Å². The van der Waals surface area contributed by atoms with Crippen LogP contribution in [-0.4, -0.2) is 23.8 Å². The average molecular weight is 531 g/mol. The van der Waals surface area contributed by atoms with Crippen molar-refractivity contribution in [1.82, 2.24) is 4.57 Å². The maximum Gasteiger partial charge on any atom is 0.338 e. The molecule has 4 rings (SSSR count). The van der Waals surface area contributed by atoms with Crippen molar-refractivity contribution in [2.45, 2.75) is 33.2 Å². The summed E-state index contributed by atoms with van der Waals surface area (Å²) in [5.74, 6) is 0.221. The van der Waals surface area contributed by atoms with Crippen LogP contribution in [0.15, 0.2) is 63.5 Å². The van der Waals surface area contributed by atoms with Crippen LogP contribution in [0.3, 0.4) is 0 Å². The molecule has 35 heavy (non-hydrogen) atoms. The van der Waals surface area contributed by atoms with Crippen molar-refractivity contribution in [3.63, 3.8) is 0 Å². The predicted molar refractivity (Wildman–Crippen MR) is 139 cm³/mol. The van der Waals surface area contributed by atoms with E-state index in [1.165, 1.54) is 11.3 Å². The summed E-state index contributed by atoms with van der Waals surface area (Å²) in [6, 6.07) is 11.8. The minimum atomic E-state index is -0.687. The predicted octanol–water partition coefficient (Wildman–Crippen LogP) is 4.89. The molecule has 0 spiro atoms. The van der Waals surface area contributed by atoms with Gasteiger partial charge >= 0.3 is 5.97 Å². The van der Waals surface area contributed by atoms with Gasteiger partial charge in [0.2, 0.25) is 0 Å². The van der Waals surface area contributed by atoms with Crippen molar-refractivity contribution in [3.05, 3.63) is 94.6 Å². The molecule has 9 heteroatoms. The van der Waals surface area contributed by atoms with Crippen molar-refractivity contribution in [1.29, 1.82) is 0 Å². The number of rotatable bonds is 7. The largest absolute Gasteiger partial charge is 0.494 e. The lowest BCUT2D eigenvalue weighted by Crippen LogP contribution is -2.39. The first-order valence-corrected chi connectivity index (χ1v) is 12.8. The minimum absolute atomic E-state index is 0.214. The zero-order valence-corrected chi connectivity index (χ0v) is 21.8. The molecular formula is C26H24Cl2N2O4S. The quantitative estimate of drug-likeness (QED) is 0.407. The fourth-order valence-electron chi connectivity index (χ4n) is 3.83. The lowest BCUT2D eigenvalue weighted by atomic mass is 9.96. The van der Waals surface area contributed by atoms with Gasteiger partial charge in [-0.1, -0.05) is 59.7 Å². The molecule has 0 amide bonds. The molecule has 0 bridgehead atoms. The first-order chi connectivity index (χ1) is 16.8. The van der Waals surface area contributed by atoms with E-state index in [-0.39, 0.29) is 12.2 Å². The topological polar surface area (TPSA) is 69.9 Å². The smallest absolute Gasteiger partial charge is 0.338 e. The number of carbonyl (C=O) groups is 1. The summed E-state index contributed by atoms with van der Waals surface area (Å²) in [6.45, 7) is 6.36. The molecule has 1 aliphatic rings. The maximum atomic E-state index is 13.6. The Hall–Kier alpha value is -2.87. The van der Waals surface area contributed by atoms with Crippen LogP contribution in [0, 0.1) is 0 Å². The van der Waals surface area contributed by atoms with Gasteiger partial charge in [-0.3, -0.25) is 9.36 Å². The Balaban J connectivity index is 1.89. The number of hydrogen-bond acceptors (Lipinski definition) is 6. The molecule has 3 aromatic rings. The minimum Gasteiger partial charge on any atom is -0.494 e. The third-order valence-corrected chi connectivity index (χ3v) is 6.98. The molecule has 0 saturated heterocycles. The van der Waals surface area contributed by atoms with Crippen LogP contribution in [0.5, 0.6) is 5.75 Å². The number of thiazole rings is 1. The molecule has 1 unspecified atom stereocenters. The molecule has 0 radical (unpaired) electrons. The van der Waals surface area contributed by atoms with Gasteiger partial charge in [0.25, 0.3) is 5.56 Å². The Bertz CT molecular complexity index is 1470. The summed E-state index contributed by atoms with van der Waals surface area (Å²) in [5.41, 5.74) is 1.99. The highest BCUT2D eigenvalue weighted by molar-refractivity contribution is 7.07. The molecule has 0 N–H and O–H groups in total. The van der Waals surface area contributed by atoms with Gasteiger partial charge in [-0.2, -0.15) is 0 Å². The second-order valence-electron chi connectivity index (χ2n) is 7.89. The molecule has 1 aromatic heterocycles. The Morgan fingerprint density at radius 1 is 1.17 bits per heavy atom. The van der Waals surface area contributed by atoms with Crippen molar-refractivity contribution >= 4 is 46.6 Å². The van der Waals surface area contributed by atoms with Gasteiger partial charge in [0.1, 0.15) is 5.75 Å². The van der Waals surface area contributed by atoms with Crippen molar-refractivity contribution in [3.8, 4) is 5.75 Å². The zero-order chi connectivity index (χ0) is 25.1. The molecule has 2 heterocycles.